The summed E-state index contributed by atoms with van der Waals surface area (Å²) in [6, 6.07) is 3.69. The summed E-state index contributed by atoms with van der Waals surface area (Å²) >= 11 is 0. The number of amides is 2. The molecule has 0 bridgehead atoms. The summed E-state index contributed by atoms with van der Waals surface area (Å²) < 4.78 is 18.3. The minimum Gasteiger partial charge on any atom is -0.494 e. The van der Waals surface area contributed by atoms with Crippen LogP contribution in [0, 0.1) is 5.82 Å². The van der Waals surface area contributed by atoms with Crippen LogP contribution in [0.3, 0.4) is 0 Å². The van der Waals surface area contributed by atoms with Crippen LogP contribution in [0.15, 0.2) is 18.2 Å². The molecule has 0 saturated carbocycles. The van der Waals surface area contributed by atoms with Crippen LogP contribution in [0.25, 0.3) is 0 Å². The molecule has 6 heteroatoms. The first-order chi connectivity index (χ1) is 9.56. The van der Waals surface area contributed by atoms with Crippen LogP contribution in [-0.2, 0) is 9.59 Å². The summed E-state index contributed by atoms with van der Waals surface area (Å²) in [7, 11) is 1.37. The van der Waals surface area contributed by atoms with Gasteiger partial charge in [-0.25, -0.2) is 4.39 Å². The SMILES string of the molecule is CCC1NC(=O)CCN(c2ccc(F)c(OC)c2)C1=O. The topological polar surface area (TPSA) is 58.6 Å². The average Bonchev–Trinajstić information content (AvgIpc) is 2.59. The Morgan fingerprint density at radius 2 is 2.20 bits per heavy atom. The number of benzene rings is 1. The van der Waals surface area contributed by atoms with Crippen LogP contribution in [0.1, 0.15) is 19.8 Å². The van der Waals surface area contributed by atoms with E-state index in [2.05, 4.69) is 5.32 Å². The van der Waals surface area contributed by atoms with Crippen LogP contribution in [0.4, 0.5) is 10.1 Å². The van der Waals surface area contributed by atoms with Gasteiger partial charge in [0.2, 0.25) is 11.8 Å². The van der Waals surface area contributed by atoms with Gasteiger partial charge in [-0.2, -0.15) is 0 Å². The summed E-state index contributed by atoms with van der Waals surface area (Å²) in [5.41, 5.74) is 0.531. The van der Waals surface area contributed by atoms with Crippen molar-refractivity contribution in [3.8, 4) is 5.75 Å². The van der Waals surface area contributed by atoms with E-state index in [0.29, 0.717) is 12.1 Å². The van der Waals surface area contributed by atoms with Crippen molar-refractivity contribution in [2.45, 2.75) is 25.8 Å². The van der Waals surface area contributed by atoms with Gasteiger partial charge in [0.05, 0.1) is 7.11 Å². The zero-order chi connectivity index (χ0) is 14.7. The van der Waals surface area contributed by atoms with Gasteiger partial charge in [0, 0.05) is 24.7 Å². The highest BCUT2D eigenvalue weighted by molar-refractivity contribution is 6.01. The van der Waals surface area contributed by atoms with Crippen molar-refractivity contribution in [3.05, 3.63) is 24.0 Å². The van der Waals surface area contributed by atoms with Crippen LogP contribution in [0.5, 0.6) is 5.75 Å². The fourth-order valence-corrected chi connectivity index (χ4v) is 2.19. The van der Waals surface area contributed by atoms with E-state index in [1.807, 2.05) is 6.92 Å². The number of hydrogen-bond donors (Lipinski definition) is 1. The third kappa shape index (κ3) is 2.74. The van der Waals surface area contributed by atoms with Gasteiger partial charge in [0.25, 0.3) is 0 Å². The maximum absolute atomic E-state index is 13.4. The Morgan fingerprint density at radius 3 is 2.85 bits per heavy atom. The quantitative estimate of drug-likeness (QED) is 0.912. The first kappa shape index (κ1) is 14.3. The molecule has 1 aromatic rings. The van der Waals surface area contributed by atoms with Gasteiger partial charge in [0.1, 0.15) is 6.04 Å². The second kappa shape index (κ2) is 5.90. The smallest absolute Gasteiger partial charge is 0.249 e. The molecule has 1 atom stereocenters. The number of hydrogen-bond acceptors (Lipinski definition) is 3. The number of carbonyl (C=O) groups excluding carboxylic acids is 2. The van der Waals surface area contributed by atoms with Crippen LogP contribution in [-0.4, -0.2) is 31.5 Å². The maximum Gasteiger partial charge on any atom is 0.249 e. The van der Waals surface area contributed by atoms with Crippen molar-refractivity contribution in [2.75, 3.05) is 18.6 Å². The molecule has 2 amide bonds. The van der Waals surface area contributed by atoms with Crippen molar-refractivity contribution >= 4 is 17.5 Å². The molecule has 20 heavy (non-hydrogen) atoms. The van der Waals surface area contributed by atoms with E-state index < -0.39 is 11.9 Å². The Labute approximate surface area is 116 Å². The number of rotatable bonds is 3. The van der Waals surface area contributed by atoms with E-state index in [1.165, 1.54) is 30.2 Å². The monoisotopic (exact) mass is 280 g/mol. The Kier molecular flexibility index (Phi) is 4.22. The number of nitrogens with one attached hydrogen (secondary N) is 1. The average molecular weight is 280 g/mol. The van der Waals surface area contributed by atoms with Crippen LogP contribution < -0.4 is 15.0 Å². The lowest BCUT2D eigenvalue weighted by Gasteiger charge is -2.24. The van der Waals surface area contributed by atoms with Crippen molar-refractivity contribution in [1.82, 2.24) is 5.32 Å². The molecule has 0 aliphatic carbocycles. The zero-order valence-electron chi connectivity index (χ0n) is 11.5. The number of nitrogens with zero attached hydrogens (tertiary/aromatic N) is 1. The summed E-state index contributed by atoms with van der Waals surface area (Å²) in [5.74, 6) is -0.750. The predicted molar refractivity (Wildman–Crippen MR) is 72.1 cm³/mol. The molecule has 1 unspecified atom stereocenters. The van der Waals surface area contributed by atoms with Gasteiger partial charge in [-0.15, -0.1) is 0 Å². The number of carbonyl (C=O) groups is 2. The van der Waals surface area contributed by atoms with Crippen LogP contribution in [0.2, 0.25) is 0 Å². The number of ether oxygens (including phenoxy) is 1. The van der Waals surface area contributed by atoms with Crippen LogP contribution >= 0.6 is 0 Å². The Morgan fingerprint density at radius 1 is 1.45 bits per heavy atom. The van der Waals surface area contributed by atoms with Gasteiger partial charge < -0.3 is 15.0 Å². The lowest BCUT2D eigenvalue weighted by molar-refractivity contribution is -0.125. The predicted octanol–water partition coefficient (Wildman–Crippen LogP) is 1.47. The van der Waals surface area contributed by atoms with Crippen molar-refractivity contribution in [3.63, 3.8) is 0 Å². The first-order valence-electron chi connectivity index (χ1n) is 6.51. The Balaban J connectivity index is 2.34. The van der Waals surface area contributed by atoms with Gasteiger partial charge >= 0.3 is 0 Å². The largest absolute Gasteiger partial charge is 0.494 e. The van der Waals surface area contributed by atoms with Gasteiger partial charge in [-0.3, -0.25) is 9.59 Å². The Hall–Kier alpha value is -2.11. The number of halogens is 1. The molecule has 0 spiro atoms. The molecule has 1 saturated heterocycles. The lowest BCUT2D eigenvalue weighted by atomic mass is 10.2. The van der Waals surface area contributed by atoms with Crippen molar-refractivity contribution < 1.29 is 18.7 Å². The molecule has 108 valence electrons. The highest BCUT2D eigenvalue weighted by atomic mass is 19.1. The second-order valence-corrected chi connectivity index (χ2v) is 4.59. The molecule has 1 aliphatic heterocycles. The minimum absolute atomic E-state index is 0.0758. The summed E-state index contributed by atoms with van der Waals surface area (Å²) in [4.78, 5) is 25.5. The van der Waals surface area contributed by atoms with Crippen molar-refractivity contribution in [1.29, 1.82) is 0 Å². The van der Waals surface area contributed by atoms with E-state index in [9.17, 15) is 14.0 Å². The first-order valence-corrected chi connectivity index (χ1v) is 6.51. The van der Waals surface area contributed by atoms with E-state index in [-0.39, 0.29) is 30.5 Å². The molecule has 2 rings (SSSR count). The molecular formula is C14H17FN2O3. The summed E-state index contributed by atoms with van der Waals surface area (Å²) in [6.45, 7) is 2.10. The number of methoxy groups -OCH3 is 1. The van der Waals surface area contributed by atoms with E-state index in [1.54, 1.807) is 0 Å². The molecular weight excluding hydrogens is 263 g/mol. The van der Waals surface area contributed by atoms with E-state index in [0.717, 1.165) is 0 Å². The molecule has 0 radical (unpaired) electrons. The molecule has 1 fully saturated rings. The highest BCUT2D eigenvalue weighted by Gasteiger charge is 2.29. The number of anilines is 1. The molecule has 1 N–H and O–H groups in total. The van der Waals surface area contributed by atoms with Gasteiger partial charge in [-0.1, -0.05) is 6.92 Å². The van der Waals surface area contributed by atoms with Gasteiger partial charge in [0.15, 0.2) is 11.6 Å². The standard InChI is InChI=1S/C14H17FN2O3/c1-3-11-14(19)17(7-6-13(18)16-11)9-4-5-10(15)12(8-9)20-2/h4-5,8,11H,3,6-7H2,1-2H3,(H,16,18). The van der Waals surface area contributed by atoms with E-state index in [4.69, 9.17) is 4.74 Å². The third-order valence-corrected chi connectivity index (χ3v) is 3.32. The summed E-state index contributed by atoms with van der Waals surface area (Å²) in [5, 5.41) is 2.68. The second-order valence-electron chi connectivity index (χ2n) is 4.59. The molecule has 5 nitrogen and oxygen atoms in total. The zero-order valence-corrected chi connectivity index (χ0v) is 11.5. The van der Waals surface area contributed by atoms with E-state index >= 15 is 0 Å². The normalized spacial score (nSPS) is 19.6. The maximum atomic E-state index is 13.4. The summed E-state index contributed by atoms with van der Waals surface area (Å²) in [6.07, 6.45) is 0.737. The fraction of sp³-hybridized carbons (Fsp3) is 0.429. The van der Waals surface area contributed by atoms with Crippen molar-refractivity contribution in [2.24, 2.45) is 0 Å². The molecule has 1 aliphatic rings. The molecule has 1 heterocycles. The molecule has 1 aromatic carbocycles. The highest BCUT2D eigenvalue weighted by Crippen LogP contribution is 2.26. The third-order valence-electron chi connectivity index (χ3n) is 3.32. The molecule has 0 aromatic heterocycles. The lowest BCUT2D eigenvalue weighted by Crippen LogP contribution is -2.44. The minimum atomic E-state index is -0.541. The van der Waals surface area contributed by atoms with Gasteiger partial charge in [-0.05, 0) is 18.6 Å². The fourth-order valence-electron chi connectivity index (χ4n) is 2.19. The Bertz CT molecular complexity index is 533.